The Morgan fingerprint density at radius 3 is 2.88 bits per heavy atom. The van der Waals surface area contributed by atoms with E-state index in [2.05, 4.69) is 25.8 Å². The number of rotatable bonds is 8. The molecule has 2 aromatic rings. The molecule has 0 bridgehead atoms. The Labute approximate surface area is 142 Å². The number of carbonyl (C=O) groups excluding carboxylic acids is 1. The largest absolute Gasteiger partial charge is 0.480 e. The van der Waals surface area contributed by atoms with E-state index < -0.39 is 17.9 Å². The van der Waals surface area contributed by atoms with E-state index in [1.54, 1.807) is 0 Å². The van der Waals surface area contributed by atoms with Crippen LogP contribution in [0, 0.1) is 11.3 Å². The number of nitrogens with zero attached hydrogens (tertiary/aromatic N) is 6. The zero-order valence-corrected chi connectivity index (χ0v) is 13.2. The molecule has 0 spiro atoms. The molecule has 0 saturated carbocycles. The van der Waals surface area contributed by atoms with Crippen LogP contribution in [0.1, 0.15) is 29.2 Å². The number of nitrogens with one attached hydrogen (secondary N) is 1. The van der Waals surface area contributed by atoms with Crippen LogP contribution in [0.4, 0.5) is 5.69 Å². The quantitative estimate of drug-likeness (QED) is 0.564. The number of pyridine rings is 1. The summed E-state index contributed by atoms with van der Waals surface area (Å²) in [6, 6.07) is 3.76. The van der Waals surface area contributed by atoms with Crippen molar-refractivity contribution in [3.8, 4) is 6.07 Å². The summed E-state index contributed by atoms with van der Waals surface area (Å²) in [5.41, 5.74) is 5.96. The van der Waals surface area contributed by atoms with E-state index in [4.69, 9.17) is 11.0 Å². The van der Waals surface area contributed by atoms with E-state index >= 15 is 0 Å². The van der Waals surface area contributed by atoms with Gasteiger partial charge in [0.05, 0.1) is 30.9 Å². The van der Waals surface area contributed by atoms with Crippen molar-refractivity contribution in [2.24, 2.45) is 0 Å². The first-order valence-corrected chi connectivity index (χ1v) is 7.38. The maximum Gasteiger partial charge on any atom is 0.326 e. The van der Waals surface area contributed by atoms with Crippen LogP contribution in [0.25, 0.3) is 0 Å². The van der Waals surface area contributed by atoms with Crippen molar-refractivity contribution in [3.05, 3.63) is 29.8 Å². The number of anilines is 1. The Hall–Kier alpha value is -3.55. The molecule has 0 aliphatic rings. The minimum Gasteiger partial charge on any atom is -0.480 e. The number of carboxylic acids is 1. The van der Waals surface area contributed by atoms with E-state index in [-0.39, 0.29) is 25.0 Å². The molecule has 11 heteroatoms. The summed E-state index contributed by atoms with van der Waals surface area (Å²) in [7, 11) is 0. The number of hydrogen-bond acceptors (Lipinski definition) is 8. The molecule has 0 fully saturated rings. The zero-order valence-electron chi connectivity index (χ0n) is 13.2. The Kier molecular flexibility index (Phi) is 5.94. The van der Waals surface area contributed by atoms with Gasteiger partial charge in [-0.1, -0.05) is 0 Å². The number of aliphatic carboxylic acids is 1. The second kappa shape index (κ2) is 8.34. The lowest BCUT2D eigenvalue weighted by atomic mass is 10.1. The molecule has 11 nitrogen and oxygen atoms in total. The van der Waals surface area contributed by atoms with Gasteiger partial charge in [0.1, 0.15) is 11.7 Å². The van der Waals surface area contributed by atoms with Crippen molar-refractivity contribution in [2.75, 3.05) is 5.73 Å². The summed E-state index contributed by atoms with van der Waals surface area (Å²) in [6.45, 7) is 0.318. The highest BCUT2D eigenvalue weighted by atomic mass is 16.4. The summed E-state index contributed by atoms with van der Waals surface area (Å²) in [5, 5.41) is 31.4. The molecule has 130 valence electrons. The molecule has 0 aliphatic carbocycles. The molecule has 4 N–H and O–H groups in total. The van der Waals surface area contributed by atoms with Crippen LogP contribution in [0.3, 0.4) is 0 Å². The predicted molar refractivity (Wildman–Crippen MR) is 83.9 cm³/mol. The third-order valence-electron chi connectivity index (χ3n) is 3.32. The number of nitriles is 1. The van der Waals surface area contributed by atoms with Crippen molar-refractivity contribution in [3.63, 3.8) is 0 Å². The molecular formula is C14H16N8O3. The van der Waals surface area contributed by atoms with Crippen LogP contribution in [-0.4, -0.2) is 48.2 Å². The van der Waals surface area contributed by atoms with Gasteiger partial charge in [0.15, 0.2) is 5.82 Å². The lowest BCUT2D eigenvalue weighted by Crippen LogP contribution is -2.41. The Balaban J connectivity index is 1.98. The Morgan fingerprint density at radius 2 is 2.24 bits per heavy atom. The van der Waals surface area contributed by atoms with Crippen molar-refractivity contribution in [1.82, 2.24) is 30.5 Å². The topological polar surface area (TPSA) is 173 Å². The first-order valence-electron chi connectivity index (χ1n) is 7.38. The van der Waals surface area contributed by atoms with Gasteiger partial charge in [-0.15, -0.1) is 5.10 Å². The number of hydrogen-bond donors (Lipinski definition) is 3. The first kappa shape index (κ1) is 17.8. The van der Waals surface area contributed by atoms with E-state index in [1.165, 1.54) is 23.0 Å². The predicted octanol–water partition coefficient (Wildman–Crippen LogP) is -0.620. The first-order chi connectivity index (χ1) is 12.0. The van der Waals surface area contributed by atoms with Gasteiger partial charge in [-0.3, -0.25) is 4.79 Å². The number of carbonyl (C=O) groups is 2. The molecule has 2 aromatic heterocycles. The fourth-order valence-electron chi connectivity index (χ4n) is 2.03. The van der Waals surface area contributed by atoms with Crippen molar-refractivity contribution < 1.29 is 14.7 Å². The zero-order chi connectivity index (χ0) is 18.2. The lowest BCUT2D eigenvalue weighted by Gasteiger charge is -2.14. The summed E-state index contributed by atoms with van der Waals surface area (Å²) in [5.74, 6) is -1.35. The maximum absolute atomic E-state index is 12.1. The van der Waals surface area contributed by atoms with Gasteiger partial charge in [0, 0.05) is 6.42 Å². The summed E-state index contributed by atoms with van der Waals surface area (Å²) in [6.07, 6.45) is 1.86. The number of amides is 1. The molecule has 1 amide bonds. The van der Waals surface area contributed by atoms with Gasteiger partial charge in [0.2, 0.25) is 0 Å². The average Bonchev–Trinajstić information content (AvgIpc) is 3.04. The second-order valence-corrected chi connectivity index (χ2v) is 5.11. The van der Waals surface area contributed by atoms with Gasteiger partial charge in [-0.25, -0.2) is 14.5 Å². The number of nitrogens with two attached hydrogens (primary N) is 1. The van der Waals surface area contributed by atoms with E-state index in [1.807, 2.05) is 6.07 Å². The highest BCUT2D eigenvalue weighted by molar-refractivity contribution is 5.95. The van der Waals surface area contributed by atoms with Gasteiger partial charge in [-0.2, -0.15) is 5.26 Å². The SMILES string of the molecule is N#CCCn1nnnc1CCC(NC(=O)c1ccc(N)cn1)C(=O)O. The molecular weight excluding hydrogens is 328 g/mol. The van der Waals surface area contributed by atoms with Crippen LogP contribution in [-0.2, 0) is 17.8 Å². The van der Waals surface area contributed by atoms with Gasteiger partial charge >= 0.3 is 5.97 Å². The Morgan fingerprint density at radius 1 is 1.44 bits per heavy atom. The monoisotopic (exact) mass is 344 g/mol. The third-order valence-corrected chi connectivity index (χ3v) is 3.32. The molecule has 2 heterocycles. The van der Waals surface area contributed by atoms with Gasteiger partial charge in [0.25, 0.3) is 5.91 Å². The van der Waals surface area contributed by atoms with Crippen molar-refractivity contribution >= 4 is 17.6 Å². The highest BCUT2D eigenvalue weighted by Gasteiger charge is 2.22. The summed E-state index contributed by atoms with van der Waals surface area (Å²) in [4.78, 5) is 27.3. The lowest BCUT2D eigenvalue weighted by molar-refractivity contribution is -0.139. The minimum absolute atomic E-state index is 0.0688. The van der Waals surface area contributed by atoms with E-state index in [0.29, 0.717) is 18.1 Å². The number of carboxylic acid groups (broad SMARTS) is 1. The Bertz CT molecular complexity index is 780. The van der Waals surface area contributed by atoms with Crippen LogP contribution in [0.2, 0.25) is 0 Å². The fraction of sp³-hybridized carbons (Fsp3) is 0.357. The van der Waals surface area contributed by atoms with Crippen LogP contribution in [0.5, 0.6) is 0 Å². The van der Waals surface area contributed by atoms with E-state index in [0.717, 1.165) is 0 Å². The molecule has 25 heavy (non-hydrogen) atoms. The molecule has 1 unspecified atom stereocenters. The van der Waals surface area contributed by atoms with Gasteiger partial charge in [-0.05, 0) is 29.0 Å². The average molecular weight is 344 g/mol. The third kappa shape index (κ3) is 4.96. The van der Waals surface area contributed by atoms with Crippen molar-refractivity contribution in [2.45, 2.75) is 31.8 Å². The number of aromatic nitrogens is 5. The highest BCUT2D eigenvalue weighted by Crippen LogP contribution is 2.05. The van der Waals surface area contributed by atoms with Gasteiger partial charge < -0.3 is 16.2 Å². The summed E-state index contributed by atoms with van der Waals surface area (Å²) >= 11 is 0. The summed E-state index contributed by atoms with van der Waals surface area (Å²) < 4.78 is 1.44. The number of tetrazole rings is 1. The fourth-order valence-corrected chi connectivity index (χ4v) is 2.03. The molecule has 0 radical (unpaired) electrons. The van der Waals surface area contributed by atoms with Crippen LogP contribution < -0.4 is 11.1 Å². The molecule has 1 atom stereocenters. The second-order valence-electron chi connectivity index (χ2n) is 5.11. The molecule has 0 saturated heterocycles. The normalized spacial score (nSPS) is 11.5. The standard InChI is InChI=1S/C14H16N8O3/c15-6-1-7-22-12(19-20-21-22)5-4-11(14(24)25)18-13(23)10-3-2-9(16)8-17-10/h2-3,8,11H,1,4-5,7,16H2,(H,18,23)(H,24,25). The molecule has 0 aliphatic heterocycles. The van der Waals surface area contributed by atoms with Crippen LogP contribution in [0.15, 0.2) is 18.3 Å². The van der Waals surface area contributed by atoms with E-state index in [9.17, 15) is 14.7 Å². The number of nitrogen functional groups attached to an aromatic ring is 1. The van der Waals surface area contributed by atoms with Crippen molar-refractivity contribution in [1.29, 1.82) is 5.26 Å². The maximum atomic E-state index is 12.1. The number of aryl methyl sites for hydroxylation is 2. The molecule has 0 aromatic carbocycles. The molecule has 2 rings (SSSR count). The van der Waals surface area contributed by atoms with Crippen LogP contribution >= 0.6 is 0 Å². The minimum atomic E-state index is -1.18. The smallest absolute Gasteiger partial charge is 0.326 e.